The molecule has 1 nitrogen and oxygen atoms in total. The molecule has 0 saturated heterocycles. The minimum absolute atomic E-state index is 0.0556. The summed E-state index contributed by atoms with van der Waals surface area (Å²) in [6.45, 7) is 12.6. The summed E-state index contributed by atoms with van der Waals surface area (Å²) in [5, 5.41) is 0. The highest BCUT2D eigenvalue weighted by Gasteiger charge is 2.14. The molecule has 14 heavy (non-hydrogen) atoms. The van der Waals surface area contributed by atoms with E-state index in [2.05, 4.69) is 40.4 Å². The molecule has 0 saturated carbocycles. The molecule has 0 fully saturated rings. The summed E-state index contributed by atoms with van der Waals surface area (Å²) in [6.07, 6.45) is 8.24. The van der Waals surface area contributed by atoms with Gasteiger partial charge in [0, 0.05) is 0 Å². The summed E-state index contributed by atoms with van der Waals surface area (Å²) >= 11 is 0. The lowest BCUT2D eigenvalue weighted by molar-refractivity contribution is -0.368. The molecule has 0 heterocycles. The number of unbranched alkanes of at least 4 members (excludes halogenated alkanes) is 1. The van der Waals surface area contributed by atoms with E-state index in [4.69, 9.17) is 0 Å². The summed E-state index contributed by atoms with van der Waals surface area (Å²) in [4.78, 5) is 0. The van der Waals surface area contributed by atoms with Gasteiger partial charge in [0.1, 0.15) is 0 Å². The fourth-order valence-corrected chi connectivity index (χ4v) is 1.98. The van der Waals surface area contributed by atoms with Crippen LogP contribution in [-0.2, 0) is 0 Å². The second-order valence-electron chi connectivity index (χ2n) is 4.57. The zero-order chi connectivity index (χ0) is 11.4. The van der Waals surface area contributed by atoms with Gasteiger partial charge in [0.25, 0.3) is 0 Å². The van der Waals surface area contributed by atoms with Crippen LogP contribution in [0.2, 0.25) is 25.3 Å². The Hall–Kier alpha value is 0.0249. The van der Waals surface area contributed by atoms with Crippen LogP contribution >= 0.6 is 0 Å². The van der Waals surface area contributed by atoms with E-state index in [0.29, 0.717) is 0 Å². The first-order chi connectivity index (χ1) is 6.66. The highest BCUT2D eigenvalue weighted by Crippen LogP contribution is 2.23. The monoisotopic (exact) mass is 201 g/mol. The third kappa shape index (κ3) is 7.43. The van der Waals surface area contributed by atoms with Crippen molar-refractivity contribution in [2.45, 2.75) is 72.7 Å². The van der Waals surface area contributed by atoms with Gasteiger partial charge in [-0.2, -0.15) is 25.3 Å². The van der Waals surface area contributed by atoms with Gasteiger partial charge in [0.2, 0.25) is 0 Å². The Bertz CT molecular complexity index is 81.0. The maximum atomic E-state index is 3.68. The molecule has 0 bridgehead atoms. The van der Waals surface area contributed by atoms with E-state index >= 15 is 0 Å². The lowest BCUT2D eigenvalue weighted by Crippen LogP contribution is -2.49. The molecule has 3 N–H and O–H groups in total. The van der Waals surface area contributed by atoms with E-state index in [0.717, 1.165) is 6.54 Å². The van der Waals surface area contributed by atoms with Crippen LogP contribution in [0.1, 0.15) is 47.5 Å². The first kappa shape index (κ1) is 16.5. The van der Waals surface area contributed by atoms with Gasteiger partial charge in [-0.15, -0.1) is 0 Å². The van der Waals surface area contributed by atoms with Crippen LogP contribution in [0.15, 0.2) is 0 Å². The molecule has 0 aromatic heterocycles. The van der Waals surface area contributed by atoms with Crippen molar-refractivity contribution in [3.05, 3.63) is 0 Å². The van der Waals surface area contributed by atoms with Crippen LogP contribution in [0.25, 0.3) is 0 Å². The number of hydrogen-bond donors (Lipinski definition) is 1. The van der Waals surface area contributed by atoms with Gasteiger partial charge in [-0.25, -0.2) is 0 Å². The Morgan fingerprint density at radius 2 is 1.14 bits per heavy atom. The molecule has 0 rings (SSSR count). The minimum atomic E-state index is 0.0556. The van der Waals surface area contributed by atoms with E-state index in [1.807, 2.05) is 0 Å². The third-order valence-electron chi connectivity index (χ3n) is 4.07. The normalized spacial score (nSPS) is 10.7. The molecular formula is C12H32BN. The lowest BCUT2D eigenvalue weighted by atomic mass is 9.19. The molecule has 0 aliphatic carbocycles. The largest absolute Gasteiger partial charge is 0.358 e. The SMILES string of the molecule is CCCC[NH3+].CC[B-](CC)(CC)CC. The van der Waals surface area contributed by atoms with Crippen LogP contribution in [0, 0.1) is 0 Å². The molecule has 0 amide bonds. The van der Waals surface area contributed by atoms with E-state index in [9.17, 15) is 0 Å². The quantitative estimate of drug-likeness (QED) is 0.636. The maximum Gasteiger partial charge on any atom is 0.0739 e. The number of quaternary nitrogens is 1. The van der Waals surface area contributed by atoms with E-state index in [1.54, 1.807) is 0 Å². The minimum Gasteiger partial charge on any atom is -0.358 e. The van der Waals surface area contributed by atoms with Crippen molar-refractivity contribution in [2.75, 3.05) is 6.54 Å². The average molecular weight is 201 g/mol. The lowest BCUT2D eigenvalue weighted by Gasteiger charge is -2.34. The second-order valence-corrected chi connectivity index (χ2v) is 4.57. The Morgan fingerprint density at radius 1 is 0.786 bits per heavy atom. The highest BCUT2D eigenvalue weighted by atomic mass is 14.5. The molecular weight excluding hydrogens is 169 g/mol. The fourth-order valence-electron chi connectivity index (χ4n) is 1.98. The summed E-state index contributed by atoms with van der Waals surface area (Å²) < 4.78 is 0. The standard InChI is InChI=1S/C8H20B.C4H11N/c1-5-9(6-2,7-3)8-4;1-2-3-4-5/h5-8H2,1-4H3;2-5H2,1H3/q-1;/p+1. The van der Waals surface area contributed by atoms with Crippen molar-refractivity contribution in [1.82, 2.24) is 0 Å². The van der Waals surface area contributed by atoms with Crippen molar-refractivity contribution < 1.29 is 5.73 Å². The molecule has 0 aliphatic rings. The van der Waals surface area contributed by atoms with Gasteiger partial charge in [0.05, 0.1) is 6.54 Å². The highest BCUT2D eigenvalue weighted by molar-refractivity contribution is 6.79. The smallest absolute Gasteiger partial charge is 0.0739 e. The second kappa shape index (κ2) is 11.1. The predicted molar refractivity (Wildman–Crippen MR) is 70.3 cm³/mol. The molecule has 0 aromatic carbocycles. The summed E-state index contributed by atoms with van der Waals surface area (Å²) in [5.74, 6) is 0. The van der Waals surface area contributed by atoms with Gasteiger partial charge >= 0.3 is 0 Å². The van der Waals surface area contributed by atoms with Crippen molar-refractivity contribution in [3.63, 3.8) is 0 Å². The third-order valence-corrected chi connectivity index (χ3v) is 4.07. The van der Waals surface area contributed by atoms with Crippen LogP contribution in [0.5, 0.6) is 0 Å². The molecule has 2 heteroatoms. The first-order valence-corrected chi connectivity index (χ1v) is 6.67. The fraction of sp³-hybridized carbons (Fsp3) is 1.00. The Kier molecular flexibility index (Phi) is 13.0. The van der Waals surface area contributed by atoms with Gasteiger partial charge < -0.3 is 5.73 Å². The van der Waals surface area contributed by atoms with Gasteiger partial charge in [0.15, 0.2) is 0 Å². The van der Waals surface area contributed by atoms with Crippen molar-refractivity contribution in [2.24, 2.45) is 0 Å². The van der Waals surface area contributed by atoms with E-state index < -0.39 is 0 Å². The summed E-state index contributed by atoms with van der Waals surface area (Å²) in [5.41, 5.74) is 3.68. The van der Waals surface area contributed by atoms with Crippen LogP contribution in [0.4, 0.5) is 0 Å². The topological polar surface area (TPSA) is 27.6 Å². The van der Waals surface area contributed by atoms with Crippen LogP contribution in [0.3, 0.4) is 0 Å². The van der Waals surface area contributed by atoms with Gasteiger partial charge in [-0.3, -0.25) is 0 Å². The zero-order valence-electron chi connectivity index (χ0n) is 11.2. The number of hydrogen-bond acceptors (Lipinski definition) is 0. The Morgan fingerprint density at radius 3 is 1.14 bits per heavy atom. The number of rotatable bonds is 6. The molecule has 0 spiro atoms. The zero-order valence-corrected chi connectivity index (χ0v) is 11.2. The predicted octanol–water partition coefficient (Wildman–Crippen LogP) is 3.54. The van der Waals surface area contributed by atoms with Gasteiger partial charge in [-0.1, -0.05) is 41.0 Å². The van der Waals surface area contributed by atoms with Crippen molar-refractivity contribution >= 4 is 6.15 Å². The first-order valence-electron chi connectivity index (χ1n) is 6.67. The van der Waals surface area contributed by atoms with E-state index in [1.165, 1.54) is 38.1 Å². The average Bonchev–Trinajstić information content (AvgIpc) is 2.24. The van der Waals surface area contributed by atoms with Gasteiger partial charge in [-0.05, 0) is 12.6 Å². The van der Waals surface area contributed by atoms with Crippen molar-refractivity contribution in [3.8, 4) is 0 Å². The van der Waals surface area contributed by atoms with Crippen LogP contribution in [-0.4, -0.2) is 12.7 Å². The molecule has 0 atom stereocenters. The molecule has 0 aliphatic heterocycles. The van der Waals surface area contributed by atoms with Crippen molar-refractivity contribution in [1.29, 1.82) is 0 Å². The molecule has 0 unspecified atom stereocenters. The molecule has 0 aromatic rings. The van der Waals surface area contributed by atoms with E-state index in [-0.39, 0.29) is 6.15 Å². The Balaban J connectivity index is 0. The summed E-state index contributed by atoms with van der Waals surface area (Å²) in [6, 6.07) is 0. The Labute approximate surface area is 91.8 Å². The van der Waals surface area contributed by atoms with Crippen LogP contribution < -0.4 is 5.73 Å². The molecule has 0 radical (unpaired) electrons. The molecule has 88 valence electrons. The summed E-state index contributed by atoms with van der Waals surface area (Å²) in [7, 11) is 0. The maximum absolute atomic E-state index is 3.68.